The highest BCUT2D eigenvalue weighted by Crippen LogP contribution is 2.23. The zero-order valence-electron chi connectivity index (χ0n) is 46.5. The number of carbonyl (C=O) groups is 1. The van der Waals surface area contributed by atoms with E-state index in [4.69, 9.17) is 9.47 Å². The summed E-state index contributed by atoms with van der Waals surface area (Å²) >= 11 is 0. The van der Waals surface area contributed by atoms with Gasteiger partial charge in [0.2, 0.25) is 5.91 Å². The first kappa shape index (κ1) is 67.4. The van der Waals surface area contributed by atoms with E-state index in [9.17, 15) is 30.3 Å². The lowest BCUT2D eigenvalue weighted by atomic mass is 9.99. The van der Waals surface area contributed by atoms with E-state index >= 15 is 0 Å². The molecule has 1 fully saturated rings. The minimum atomic E-state index is -1.57. The van der Waals surface area contributed by atoms with Gasteiger partial charge in [-0.1, -0.05) is 269 Å². The summed E-state index contributed by atoms with van der Waals surface area (Å²) in [6.07, 6.45) is 60.8. The lowest BCUT2D eigenvalue weighted by Crippen LogP contribution is -2.60. The zero-order valence-corrected chi connectivity index (χ0v) is 46.5. The van der Waals surface area contributed by atoms with Crippen molar-refractivity contribution in [2.24, 2.45) is 0 Å². The van der Waals surface area contributed by atoms with Crippen molar-refractivity contribution in [3.8, 4) is 0 Å². The predicted molar refractivity (Wildman–Crippen MR) is 300 cm³/mol. The molecule has 1 aliphatic heterocycles. The van der Waals surface area contributed by atoms with Crippen LogP contribution < -0.4 is 5.32 Å². The molecule has 71 heavy (non-hydrogen) atoms. The number of ether oxygens (including phenoxy) is 2. The molecule has 9 nitrogen and oxygen atoms in total. The van der Waals surface area contributed by atoms with E-state index in [1.807, 2.05) is 6.08 Å². The van der Waals surface area contributed by atoms with Crippen molar-refractivity contribution in [3.63, 3.8) is 0 Å². The Kier molecular flexibility index (Phi) is 49.3. The van der Waals surface area contributed by atoms with E-state index in [1.54, 1.807) is 6.08 Å². The number of allylic oxidation sites excluding steroid dienone is 5. The first-order valence-corrected chi connectivity index (χ1v) is 30.7. The van der Waals surface area contributed by atoms with Gasteiger partial charge >= 0.3 is 0 Å². The molecule has 0 saturated carbocycles. The Bertz CT molecular complexity index is 1210. The standard InChI is InChI=1S/C62H117NO8/c1-3-5-7-9-11-13-15-17-19-21-23-24-25-26-27-28-29-30-31-32-34-36-38-40-42-44-46-48-50-52-58(66)63-55(54-70-62-61(69)60(68)59(67)57(53-64)71-62)56(65)51-49-47-45-43-41-39-37-35-33-22-20-18-16-14-12-10-8-6-4-2/h26-27,41,43,49,51,55-57,59-62,64-65,67-69H,3-25,28-40,42,44-48,50,52-54H2,1-2H3,(H,63,66)/b27-26-,43-41+,51-49+. The minimum absolute atomic E-state index is 0.183. The molecule has 9 heteroatoms. The Morgan fingerprint density at radius 2 is 0.803 bits per heavy atom. The minimum Gasteiger partial charge on any atom is -0.394 e. The van der Waals surface area contributed by atoms with Gasteiger partial charge < -0.3 is 40.3 Å². The first-order chi connectivity index (χ1) is 34.8. The van der Waals surface area contributed by atoms with Gasteiger partial charge in [-0.15, -0.1) is 0 Å². The maximum atomic E-state index is 13.1. The van der Waals surface area contributed by atoms with E-state index in [1.165, 1.54) is 238 Å². The van der Waals surface area contributed by atoms with Gasteiger partial charge in [0, 0.05) is 6.42 Å². The summed E-state index contributed by atoms with van der Waals surface area (Å²) in [6.45, 7) is 3.80. The molecule has 0 aromatic heterocycles. The number of rotatable bonds is 53. The summed E-state index contributed by atoms with van der Waals surface area (Å²) in [6, 6.07) is -0.821. The third-order valence-electron chi connectivity index (χ3n) is 14.7. The number of aliphatic hydroxyl groups is 5. The smallest absolute Gasteiger partial charge is 0.220 e. The highest BCUT2D eigenvalue weighted by atomic mass is 16.7. The number of aliphatic hydroxyl groups excluding tert-OH is 5. The molecule has 0 aromatic rings. The summed E-state index contributed by atoms with van der Waals surface area (Å²) < 4.78 is 11.3. The van der Waals surface area contributed by atoms with Crippen molar-refractivity contribution in [1.82, 2.24) is 5.32 Å². The first-order valence-electron chi connectivity index (χ1n) is 30.7. The molecule has 1 amide bonds. The Hall–Kier alpha value is -1.59. The molecule has 1 heterocycles. The lowest BCUT2D eigenvalue weighted by molar-refractivity contribution is -0.302. The average molecular weight is 1000 g/mol. The predicted octanol–water partition coefficient (Wildman–Crippen LogP) is 15.5. The van der Waals surface area contributed by atoms with Crippen molar-refractivity contribution >= 4 is 5.91 Å². The van der Waals surface area contributed by atoms with Gasteiger partial charge in [0.25, 0.3) is 0 Å². The number of nitrogens with one attached hydrogen (secondary N) is 1. The van der Waals surface area contributed by atoms with E-state index < -0.39 is 49.5 Å². The second-order valence-corrected chi connectivity index (χ2v) is 21.5. The monoisotopic (exact) mass is 1000 g/mol. The fraction of sp³-hybridized carbons (Fsp3) is 0.887. The maximum absolute atomic E-state index is 13.1. The zero-order chi connectivity index (χ0) is 51.5. The molecule has 7 atom stereocenters. The number of amides is 1. The molecule has 1 aliphatic rings. The van der Waals surface area contributed by atoms with Crippen LogP contribution in [0.3, 0.4) is 0 Å². The highest BCUT2D eigenvalue weighted by molar-refractivity contribution is 5.76. The van der Waals surface area contributed by atoms with Gasteiger partial charge in [0.05, 0.1) is 25.4 Å². The van der Waals surface area contributed by atoms with Gasteiger partial charge in [0.15, 0.2) is 6.29 Å². The fourth-order valence-electron chi connectivity index (χ4n) is 9.82. The van der Waals surface area contributed by atoms with Crippen LogP contribution in [0, 0.1) is 0 Å². The third-order valence-corrected chi connectivity index (χ3v) is 14.7. The maximum Gasteiger partial charge on any atom is 0.220 e. The average Bonchev–Trinajstić information content (AvgIpc) is 3.37. The molecule has 6 N–H and O–H groups in total. The SMILES string of the molecule is CCCCCCCCCCCCCC/C=C\CCCCCCCCCCCCCCCC(=O)NC(COC1OC(CO)C(O)C(O)C1O)C(O)/C=C/CC/C=C/CCCCCCCCCCCCCCC. The van der Waals surface area contributed by atoms with Crippen LogP contribution in [0.2, 0.25) is 0 Å². The Balaban J connectivity index is 2.18. The van der Waals surface area contributed by atoms with Crippen LogP contribution in [0.25, 0.3) is 0 Å². The van der Waals surface area contributed by atoms with E-state index in [-0.39, 0.29) is 12.5 Å². The van der Waals surface area contributed by atoms with Crippen LogP contribution >= 0.6 is 0 Å². The molecular formula is C62H117NO8. The Labute approximate surface area is 438 Å². The van der Waals surface area contributed by atoms with Crippen LogP contribution in [0.1, 0.15) is 296 Å². The molecular weight excluding hydrogens is 887 g/mol. The van der Waals surface area contributed by atoms with E-state index in [2.05, 4.69) is 43.5 Å². The topological polar surface area (TPSA) is 149 Å². The molecule has 0 radical (unpaired) electrons. The van der Waals surface area contributed by atoms with Gasteiger partial charge in [-0.2, -0.15) is 0 Å². The molecule has 0 aliphatic carbocycles. The quantitative estimate of drug-likeness (QED) is 0.0261. The van der Waals surface area contributed by atoms with Crippen LogP contribution in [0.15, 0.2) is 36.5 Å². The van der Waals surface area contributed by atoms with E-state index in [0.29, 0.717) is 6.42 Å². The summed E-state index contributed by atoms with van der Waals surface area (Å²) in [7, 11) is 0. The number of unbranched alkanes of at least 4 members (excludes halogenated alkanes) is 39. The van der Waals surface area contributed by atoms with Crippen LogP contribution in [-0.2, 0) is 14.3 Å². The van der Waals surface area contributed by atoms with Crippen molar-refractivity contribution in [2.75, 3.05) is 13.2 Å². The van der Waals surface area contributed by atoms with Crippen LogP contribution in [0.4, 0.5) is 0 Å². The molecule has 0 bridgehead atoms. The second kappa shape index (κ2) is 51.9. The molecule has 1 saturated heterocycles. The fourth-order valence-corrected chi connectivity index (χ4v) is 9.82. The van der Waals surface area contributed by atoms with Gasteiger partial charge in [0.1, 0.15) is 24.4 Å². The normalized spacial score (nSPS) is 19.5. The molecule has 0 aromatic carbocycles. The molecule has 0 spiro atoms. The van der Waals surface area contributed by atoms with Crippen molar-refractivity contribution in [2.45, 2.75) is 339 Å². The third kappa shape index (κ3) is 41.4. The Morgan fingerprint density at radius 3 is 1.18 bits per heavy atom. The second-order valence-electron chi connectivity index (χ2n) is 21.5. The molecule has 418 valence electrons. The molecule has 7 unspecified atom stereocenters. The van der Waals surface area contributed by atoms with E-state index in [0.717, 1.165) is 38.5 Å². The molecule has 1 rings (SSSR count). The number of hydrogen-bond acceptors (Lipinski definition) is 8. The Morgan fingerprint density at radius 1 is 0.465 bits per heavy atom. The van der Waals surface area contributed by atoms with Crippen molar-refractivity contribution in [1.29, 1.82) is 0 Å². The van der Waals surface area contributed by atoms with Crippen molar-refractivity contribution in [3.05, 3.63) is 36.5 Å². The summed E-state index contributed by atoms with van der Waals surface area (Å²) in [5.74, 6) is -0.183. The summed E-state index contributed by atoms with van der Waals surface area (Å²) in [5.41, 5.74) is 0. The number of hydrogen-bond donors (Lipinski definition) is 6. The van der Waals surface area contributed by atoms with Crippen LogP contribution in [0.5, 0.6) is 0 Å². The summed E-state index contributed by atoms with van der Waals surface area (Å²) in [4.78, 5) is 13.1. The van der Waals surface area contributed by atoms with Gasteiger partial charge in [-0.3, -0.25) is 4.79 Å². The summed E-state index contributed by atoms with van der Waals surface area (Å²) in [5, 5.41) is 54.5. The van der Waals surface area contributed by atoms with Crippen LogP contribution in [-0.4, -0.2) is 87.5 Å². The largest absolute Gasteiger partial charge is 0.394 e. The highest BCUT2D eigenvalue weighted by Gasteiger charge is 2.44. The van der Waals surface area contributed by atoms with Crippen molar-refractivity contribution < 1.29 is 39.8 Å². The number of carbonyl (C=O) groups excluding carboxylic acids is 1. The van der Waals surface area contributed by atoms with Gasteiger partial charge in [-0.25, -0.2) is 0 Å². The lowest BCUT2D eigenvalue weighted by Gasteiger charge is -2.40. The van der Waals surface area contributed by atoms with Gasteiger partial charge in [-0.05, 0) is 57.8 Å².